The van der Waals surface area contributed by atoms with Crippen molar-refractivity contribution in [2.24, 2.45) is 0 Å². The van der Waals surface area contributed by atoms with Crippen molar-refractivity contribution in [3.05, 3.63) is 59.5 Å². The highest BCUT2D eigenvalue weighted by molar-refractivity contribution is 5.74. The van der Waals surface area contributed by atoms with Crippen LogP contribution in [0.15, 0.2) is 46.9 Å². The Morgan fingerprint density at radius 1 is 1.20 bits per heavy atom. The summed E-state index contributed by atoms with van der Waals surface area (Å²) in [6.45, 7) is 2.27. The van der Waals surface area contributed by atoms with E-state index < -0.39 is 0 Å². The van der Waals surface area contributed by atoms with Gasteiger partial charge in [-0.1, -0.05) is 12.1 Å². The standard InChI is InChI=1S/C16H12N2O2/c1-11-18-15-8-14(6-7-16(15)20-11)19-10-13-4-2-12(9-17)3-5-13/h2-8H,10H2,1H3. The lowest BCUT2D eigenvalue weighted by Crippen LogP contribution is -1.95. The highest BCUT2D eigenvalue weighted by atomic mass is 16.5. The van der Waals surface area contributed by atoms with Gasteiger partial charge in [-0.2, -0.15) is 5.26 Å². The topological polar surface area (TPSA) is 59.0 Å². The Bertz CT molecular complexity index is 782. The lowest BCUT2D eigenvalue weighted by atomic mass is 10.2. The number of hydrogen-bond acceptors (Lipinski definition) is 4. The molecule has 4 nitrogen and oxygen atoms in total. The second-order valence-corrected chi connectivity index (χ2v) is 4.46. The number of benzene rings is 2. The Balaban J connectivity index is 1.74. The molecule has 0 amide bonds. The minimum atomic E-state index is 0.452. The zero-order valence-electron chi connectivity index (χ0n) is 11.0. The first-order chi connectivity index (χ1) is 9.74. The molecule has 0 saturated carbocycles. The number of nitriles is 1. The average Bonchev–Trinajstić information content (AvgIpc) is 2.85. The molecule has 0 aliphatic rings. The second-order valence-electron chi connectivity index (χ2n) is 4.46. The van der Waals surface area contributed by atoms with Gasteiger partial charge in [0.15, 0.2) is 11.5 Å². The highest BCUT2D eigenvalue weighted by Gasteiger charge is 2.04. The first-order valence-electron chi connectivity index (χ1n) is 6.23. The molecule has 0 aliphatic heterocycles. The van der Waals surface area contributed by atoms with Crippen molar-refractivity contribution in [1.29, 1.82) is 5.26 Å². The fourth-order valence-corrected chi connectivity index (χ4v) is 1.95. The van der Waals surface area contributed by atoms with Crippen LogP contribution in [-0.2, 0) is 6.61 Å². The first-order valence-corrected chi connectivity index (χ1v) is 6.23. The molecule has 98 valence electrons. The van der Waals surface area contributed by atoms with E-state index in [0.29, 0.717) is 18.1 Å². The number of nitrogens with zero attached hydrogens (tertiary/aromatic N) is 2. The minimum absolute atomic E-state index is 0.452. The van der Waals surface area contributed by atoms with Crippen LogP contribution in [0.1, 0.15) is 17.0 Å². The third-order valence-corrected chi connectivity index (χ3v) is 2.95. The van der Waals surface area contributed by atoms with Crippen molar-refractivity contribution in [1.82, 2.24) is 4.98 Å². The zero-order chi connectivity index (χ0) is 13.9. The Morgan fingerprint density at radius 3 is 2.75 bits per heavy atom. The second kappa shape index (κ2) is 5.06. The van der Waals surface area contributed by atoms with Gasteiger partial charge in [-0.15, -0.1) is 0 Å². The molecule has 20 heavy (non-hydrogen) atoms. The van der Waals surface area contributed by atoms with Crippen LogP contribution >= 0.6 is 0 Å². The molecule has 3 aromatic rings. The van der Waals surface area contributed by atoms with E-state index in [2.05, 4.69) is 11.1 Å². The molecule has 0 spiro atoms. The molecule has 1 heterocycles. The van der Waals surface area contributed by atoms with Crippen molar-refractivity contribution >= 4 is 11.1 Å². The fourth-order valence-electron chi connectivity index (χ4n) is 1.95. The maximum Gasteiger partial charge on any atom is 0.192 e. The monoisotopic (exact) mass is 264 g/mol. The predicted molar refractivity (Wildman–Crippen MR) is 74.2 cm³/mol. The van der Waals surface area contributed by atoms with Gasteiger partial charge in [0.1, 0.15) is 17.9 Å². The number of aryl methyl sites for hydroxylation is 1. The van der Waals surface area contributed by atoms with Crippen molar-refractivity contribution in [2.45, 2.75) is 13.5 Å². The van der Waals surface area contributed by atoms with Crippen LogP contribution in [-0.4, -0.2) is 4.98 Å². The van der Waals surface area contributed by atoms with E-state index in [1.807, 2.05) is 37.3 Å². The summed E-state index contributed by atoms with van der Waals surface area (Å²) in [6.07, 6.45) is 0. The molecule has 0 radical (unpaired) electrons. The van der Waals surface area contributed by atoms with Crippen LogP contribution in [0.4, 0.5) is 0 Å². The Hall–Kier alpha value is -2.80. The Kier molecular flexibility index (Phi) is 3.10. The van der Waals surface area contributed by atoms with E-state index in [1.54, 1.807) is 12.1 Å². The minimum Gasteiger partial charge on any atom is -0.489 e. The number of rotatable bonds is 3. The highest BCUT2D eigenvalue weighted by Crippen LogP contribution is 2.22. The molecule has 0 bridgehead atoms. The maximum absolute atomic E-state index is 8.74. The van der Waals surface area contributed by atoms with Crippen LogP contribution < -0.4 is 4.74 Å². The fraction of sp³-hybridized carbons (Fsp3) is 0.125. The van der Waals surface area contributed by atoms with Gasteiger partial charge in [-0.25, -0.2) is 4.98 Å². The number of fused-ring (bicyclic) bond motifs is 1. The van der Waals surface area contributed by atoms with E-state index in [9.17, 15) is 0 Å². The number of aromatic nitrogens is 1. The quantitative estimate of drug-likeness (QED) is 0.725. The Morgan fingerprint density at radius 2 is 2.00 bits per heavy atom. The van der Waals surface area contributed by atoms with Gasteiger partial charge in [0, 0.05) is 13.0 Å². The number of oxazole rings is 1. The summed E-state index contributed by atoms with van der Waals surface area (Å²) in [5.41, 5.74) is 3.21. The summed E-state index contributed by atoms with van der Waals surface area (Å²) >= 11 is 0. The molecule has 0 unspecified atom stereocenters. The lowest BCUT2D eigenvalue weighted by molar-refractivity contribution is 0.306. The molecular weight excluding hydrogens is 252 g/mol. The summed E-state index contributed by atoms with van der Waals surface area (Å²) in [5, 5.41) is 8.74. The van der Waals surface area contributed by atoms with Gasteiger partial charge in [-0.3, -0.25) is 0 Å². The van der Waals surface area contributed by atoms with Crippen molar-refractivity contribution in [3.63, 3.8) is 0 Å². The van der Waals surface area contributed by atoms with E-state index in [1.165, 1.54) is 0 Å². The van der Waals surface area contributed by atoms with Gasteiger partial charge in [0.25, 0.3) is 0 Å². The SMILES string of the molecule is Cc1nc2cc(OCc3ccc(C#N)cc3)ccc2o1. The van der Waals surface area contributed by atoms with Gasteiger partial charge in [-0.05, 0) is 29.8 Å². The average molecular weight is 264 g/mol. The lowest BCUT2D eigenvalue weighted by Gasteiger charge is -2.05. The smallest absolute Gasteiger partial charge is 0.192 e. The molecule has 0 atom stereocenters. The molecule has 4 heteroatoms. The molecular formula is C16H12N2O2. The summed E-state index contributed by atoms with van der Waals surface area (Å²) in [5.74, 6) is 1.39. The normalized spacial score (nSPS) is 10.4. The van der Waals surface area contributed by atoms with Crippen LogP contribution in [0.5, 0.6) is 5.75 Å². The molecule has 0 fully saturated rings. The molecule has 0 N–H and O–H groups in total. The first kappa shape index (κ1) is 12.2. The number of hydrogen-bond donors (Lipinski definition) is 0. The molecule has 3 rings (SSSR count). The predicted octanol–water partition coefficient (Wildman–Crippen LogP) is 3.59. The number of ether oxygens (including phenoxy) is 1. The van der Waals surface area contributed by atoms with E-state index in [4.69, 9.17) is 14.4 Å². The summed E-state index contributed by atoms with van der Waals surface area (Å²) in [4.78, 5) is 4.27. The van der Waals surface area contributed by atoms with Gasteiger partial charge >= 0.3 is 0 Å². The molecule has 2 aromatic carbocycles. The zero-order valence-corrected chi connectivity index (χ0v) is 11.0. The Labute approximate surface area is 116 Å². The van der Waals surface area contributed by atoms with Crippen LogP contribution in [0, 0.1) is 18.3 Å². The van der Waals surface area contributed by atoms with Crippen LogP contribution in [0.25, 0.3) is 11.1 Å². The summed E-state index contributed by atoms with van der Waals surface area (Å²) in [7, 11) is 0. The van der Waals surface area contributed by atoms with E-state index in [0.717, 1.165) is 22.4 Å². The van der Waals surface area contributed by atoms with Crippen molar-refractivity contribution < 1.29 is 9.15 Å². The third-order valence-electron chi connectivity index (χ3n) is 2.95. The summed E-state index contributed by atoms with van der Waals surface area (Å²) in [6, 6.07) is 15.0. The van der Waals surface area contributed by atoms with Crippen molar-refractivity contribution in [3.8, 4) is 11.8 Å². The van der Waals surface area contributed by atoms with Gasteiger partial charge in [0.2, 0.25) is 0 Å². The summed E-state index contributed by atoms with van der Waals surface area (Å²) < 4.78 is 11.1. The van der Waals surface area contributed by atoms with E-state index in [-0.39, 0.29) is 0 Å². The molecule has 1 aromatic heterocycles. The maximum atomic E-state index is 8.74. The molecule has 0 aliphatic carbocycles. The molecule has 0 saturated heterocycles. The van der Waals surface area contributed by atoms with E-state index >= 15 is 0 Å². The largest absolute Gasteiger partial charge is 0.489 e. The van der Waals surface area contributed by atoms with Gasteiger partial charge < -0.3 is 9.15 Å². The van der Waals surface area contributed by atoms with Crippen molar-refractivity contribution in [2.75, 3.05) is 0 Å². The third kappa shape index (κ3) is 2.47. The van der Waals surface area contributed by atoms with Crippen LogP contribution in [0.3, 0.4) is 0 Å². The van der Waals surface area contributed by atoms with Gasteiger partial charge in [0.05, 0.1) is 11.6 Å². The van der Waals surface area contributed by atoms with Crippen LogP contribution in [0.2, 0.25) is 0 Å².